The first-order valence-electron chi connectivity index (χ1n) is 8.47. The first-order valence-corrected chi connectivity index (χ1v) is 8.47. The molecule has 0 atom stereocenters. The van der Waals surface area contributed by atoms with Crippen molar-refractivity contribution in [2.45, 2.75) is 45.6 Å². The number of nitrogens with one attached hydrogen (secondary N) is 2. The number of hydrogen-bond donors (Lipinski definition) is 2. The summed E-state index contributed by atoms with van der Waals surface area (Å²) < 4.78 is 4.87. The van der Waals surface area contributed by atoms with E-state index in [4.69, 9.17) is 4.74 Å². The molecule has 0 unspecified atom stereocenters. The summed E-state index contributed by atoms with van der Waals surface area (Å²) in [6.07, 6.45) is 5.54. The van der Waals surface area contributed by atoms with E-state index in [0.29, 0.717) is 11.3 Å². The number of carbonyl (C=O) groups is 3. The fourth-order valence-corrected chi connectivity index (χ4v) is 2.72. The summed E-state index contributed by atoms with van der Waals surface area (Å²) in [7, 11) is 0. The lowest BCUT2D eigenvalue weighted by Crippen LogP contribution is -2.33. The van der Waals surface area contributed by atoms with E-state index in [1.54, 1.807) is 38.1 Å². The Morgan fingerprint density at radius 2 is 1.84 bits per heavy atom. The Balaban J connectivity index is 1.95. The third-order valence-corrected chi connectivity index (χ3v) is 3.89. The van der Waals surface area contributed by atoms with Gasteiger partial charge < -0.3 is 15.4 Å². The van der Waals surface area contributed by atoms with Crippen LogP contribution in [-0.2, 0) is 14.3 Å². The maximum atomic E-state index is 12.4. The van der Waals surface area contributed by atoms with Crippen LogP contribution in [0.5, 0.6) is 0 Å². The van der Waals surface area contributed by atoms with Crippen LogP contribution < -0.4 is 10.6 Å². The Bertz CT molecular complexity index is 672. The normalized spacial score (nSPS) is 13.8. The third-order valence-electron chi connectivity index (χ3n) is 3.89. The van der Waals surface area contributed by atoms with E-state index < -0.39 is 18.5 Å². The number of rotatable bonds is 6. The molecule has 2 rings (SSSR count). The molecule has 0 radical (unpaired) electrons. The second kappa shape index (κ2) is 9.01. The fraction of sp³-hybridized carbons (Fsp3) is 0.421. The van der Waals surface area contributed by atoms with Gasteiger partial charge >= 0.3 is 5.97 Å². The molecule has 1 fully saturated rings. The van der Waals surface area contributed by atoms with Crippen molar-refractivity contribution in [3.8, 4) is 0 Å². The van der Waals surface area contributed by atoms with Crippen LogP contribution in [0.4, 0.5) is 5.69 Å². The van der Waals surface area contributed by atoms with Gasteiger partial charge in [-0.05, 0) is 38.8 Å². The van der Waals surface area contributed by atoms with Gasteiger partial charge in [0.25, 0.3) is 11.8 Å². The summed E-state index contributed by atoms with van der Waals surface area (Å²) in [5.74, 6) is -1.26. The lowest BCUT2D eigenvalue weighted by molar-refractivity contribution is -0.142. The molecule has 0 spiro atoms. The van der Waals surface area contributed by atoms with Crippen molar-refractivity contribution in [2.75, 3.05) is 11.9 Å². The Morgan fingerprint density at radius 3 is 2.52 bits per heavy atom. The number of carbonyl (C=O) groups excluding carboxylic acids is 3. The lowest BCUT2D eigenvalue weighted by Gasteiger charge is -2.15. The average molecular weight is 344 g/mol. The number of para-hydroxylation sites is 1. The van der Waals surface area contributed by atoms with Gasteiger partial charge in [-0.25, -0.2) is 4.79 Å². The Hall–Kier alpha value is -2.63. The molecule has 1 aliphatic rings. The monoisotopic (exact) mass is 344 g/mol. The van der Waals surface area contributed by atoms with Crippen LogP contribution in [0.25, 0.3) is 0 Å². The van der Waals surface area contributed by atoms with Crippen molar-refractivity contribution in [1.82, 2.24) is 5.32 Å². The molecule has 25 heavy (non-hydrogen) atoms. The van der Waals surface area contributed by atoms with Crippen LogP contribution in [0.1, 0.15) is 49.9 Å². The van der Waals surface area contributed by atoms with Gasteiger partial charge in [0.05, 0.1) is 11.3 Å². The summed E-state index contributed by atoms with van der Waals surface area (Å²) in [6, 6.07) is 6.99. The van der Waals surface area contributed by atoms with Gasteiger partial charge in [-0.3, -0.25) is 9.59 Å². The Labute approximate surface area is 147 Å². The second-order valence-electron chi connectivity index (χ2n) is 6.38. The zero-order valence-electron chi connectivity index (χ0n) is 14.6. The van der Waals surface area contributed by atoms with Crippen molar-refractivity contribution in [3.05, 3.63) is 41.5 Å². The number of anilines is 1. The molecule has 0 saturated heterocycles. The standard InChI is InChI=1S/C19H24N2O4/c1-13(2)11-18(23)25-12-17(22)21-16-10-6-5-9-15(16)19(24)20-14-7-3-4-8-14/h5-6,9-11,14H,3-4,7-8,12H2,1-2H3,(H,20,24)(H,21,22). The molecular weight excluding hydrogens is 320 g/mol. The molecular formula is C19H24N2O4. The molecule has 6 nitrogen and oxygen atoms in total. The predicted molar refractivity (Wildman–Crippen MR) is 95.2 cm³/mol. The van der Waals surface area contributed by atoms with E-state index in [-0.39, 0.29) is 11.9 Å². The van der Waals surface area contributed by atoms with Crippen LogP contribution in [0.3, 0.4) is 0 Å². The highest BCUT2D eigenvalue weighted by Crippen LogP contribution is 2.20. The van der Waals surface area contributed by atoms with Gasteiger partial charge in [0.1, 0.15) is 0 Å². The molecule has 6 heteroatoms. The number of benzene rings is 1. The maximum Gasteiger partial charge on any atom is 0.331 e. The summed E-state index contributed by atoms with van der Waals surface area (Å²) in [4.78, 5) is 35.9. The smallest absolute Gasteiger partial charge is 0.331 e. The number of esters is 1. The highest BCUT2D eigenvalue weighted by Gasteiger charge is 2.20. The third kappa shape index (κ3) is 6.06. The maximum absolute atomic E-state index is 12.4. The van der Waals surface area contributed by atoms with Gasteiger partial charge in [0, 0.05) is 12.1 Å². The van der Waals surface area contributed by atoms with E-state index in [1.807, 2.05) is 0 Å². The van der Waals surface area contributed by atoms with Crippen LogP contribution in [0, 0.1) is 0 Å². The predicted octanol–water partition coefficient (Wildman–Crippen LogP) is 2.81. The van der Waals surface area contributed by atoms with Crippen molar-refractivity contribution in [3.63, 3.8) is 0 Å². The number of ether oxygens (including phenoxy) is 1. The molecule has 134 valence electrons. The molecule has 1 aliphatic carbocycles. The van der Waals surface area contributed by atoms with Crippen molar-refractivity contribution in [2.24, 2.45) is 0 Å². The zero-order chi connectivity index (χ0) is 18.2. The SMILES string of the molecule is CC(C)=CC(=O)OCC(=O)Nc1ccccc1C(=O)NC1CCCC1. The summed E-state index contributed by atoms with van der Waals surface area (Å²) in [5, 5.41) is 5.62. The van der Waals surface area contributed by atoms with Crippen LogP contribution in [0.15, 0.2) is 35.9 Å². The van der Waals surface area contributed by atoms with E-state index in [2.05, 4.69) is 10.6 Å². The molecule has 0 aliphatic heterocycles. The molecule has 0 bridgehead atoms. The number of allylic oxidation sites excluding steroid dienone is 1. The topological polar surface area (TPSA) is 84.5 Å². The van der Waals surface area contributed by atoms with Gasteiger partial charge in [0.2, 0.25) is 0 Å². The van der Waals surface area contributed by atoms with Gasteiger partial charge in [-0.1, -0.05) is 30.5 Å². The first kappa shape index (κ1) is 18.7. The van der Waals surface area contributed by atoms with Gasteiger partial charge in [0.15, 0.2) is 6.61 Å². The van der Waals surface area contributed by atoms with Crippen molar-refractivity contribution in [1.29, 1.82) is 0 Å². The molecule has 2 amide bonds. The molecule has 0 heterocycles. The molecule has 1 aromatic carbocycles. The van der Waals surface area contributed by atoms with Crippen molar-refractivity contribution < 1.29 is 19.1 Å². The highest BCUT2D eigenvalue weighted by molar-refractivity contribution is 6.04. The highest BCUT2D eigenvalue weighted by atomic mass is 16.5. The Kier molecular flexibility index (Phi) is 6.74. The van der Waals surface area contributed by atoms with E-state index in [0.717, 1.165) is 31.3 Å². The fourth-order valence-electron chi connectivity index (χ4n) is 2.72. The molecule has 1 saturated carbocycles. The minimum atomic E-state index is -0.567. The molecule has 0 aromatic heterocycles. The van der Waals surface area contributed by atoms with Crippen molar-refractivity contribution >= 4 is 23.5 Å². The average Bonchev–Trinajstić information content (AvgIpc) is 3.05. The number of amides is 2. The summed E-state index contributed by atoms with van der Waals surface area (Å²) >= 11 is 0. The zero-order valence-corrected chi connectivity index (χ0v) is 14.6. The van der Waals surface area contributed by atoms with Crippen LogP contribution in [0.2, 0.25) is 0 Å². The van der Waals surface area contributed by atoms with E-state index in [1.165, 1.54) is 6.08 Å². The molecule has 2 N–H and O–H groups in total. The number of hydrogen-bond acceptors (Lipinski definition) is 4. The lowest BCUT2D eigenvalue weighted by atomic mass is 10.1. The quantitative estimate of drug-likeness (QED) is 0.614. The van der Waals surface area contributed by atoms with Gasteiger partial charge in [-0.2, -0.15) is 0 Å². The van der Waals surface area contributed by atoms with E-state index in [9.17, 15) is 14.4 Å². The second-order valence-corrected chi connectivity index (χ2v) is 6.38. The largest absolute Gasteiger partial charge is 0.452 e. The summed E-state index contributed by atoms with van der Waals surface area (Å²) in [6.45, 7) is 3.13. The van der Waals surface area contributed by atoms with Crippen LogP contribution in [-0.4, -0.2) is 30.4 Å². The van der Waals surface area contributed by atoms with Gasteiger partial charge in [-0.15, -0.1) is 0 Å². The van der Waals surface area contributed by atoms with Crippen LogP contribution >= 0.6 is 0 Å². The minimum Gasteiger partial charge on any atom is -0.452 e. The Morgan fingerprint density at radius 1 is 1.16 bits per heavy atom. The minimum absolute atomic E-state index is 0.196. The first-order chi connectivity index (χ1) is 12.0. The van der Waals surface area contributed by atoms with E-state index >= 15 is 0 Å². The molecule has 1 aromatic rings. The summed E-state index contributed by atoms with van der Waals surface area (Å²) in [5.41, 5.74) is 1.60.